The molecule has 0 saturated heterocycles. The first-order valence-electron chi connectivity index (χ1n) is 7.93. The van der Waals surface area contributed by atoms with Crippen molar-refractivity contribution in [1.82, 2.24) is 5.43 Å². The monoisotopic (exact) mass is 344 g/mol. The molecule has 1 aliphatic rings. The van der Waals surface area contributed by atoms with Crippen molar-refractivity contribution in [3.8, 4) is 0 Å². The van der Waals surface area contributed by atoms with E-state index in [-0.39, 0.29) is 0 Å². The first kappa shape index (κ1) is 15.4. The van der Waals surface area contributed by atoms with Crippen molar-refractivity contribution in [2.45, 2.75) is 0 Å². The molecule has 121 valence electrons. The van der Waals surface area contributed by atoms with Crippen LogP contribution < -0.4 is 15.4 Å². The molecule has 1 aliphatic heterocycles. The van der Waals surface area contributed by atoms with Crippen LogP contribution in [-0.2, 0) is 0 Å². The summed E-state index contributed by atoms with van der Waals surface area (Å²) in [7, 11) is 0. The molecule has 0 aliphatic carbocycles. The highest BCUT2D eigenvalue weighted by Gasteiger charge is 2.28. The first-order valence-corrected chi connectivity index (χ1v) is 8.34. The summed E-state index contributed by atoms with van der Waals surface area (Å²) in [5.41, 5.74) is 7.42. The number of thiocarbonyl (C=S) groups is 1. The molecule has 1 heterocycles. The van der Waals surface area contributed by atoms with Crippen LogP contribution in [-0.4, -0.2) is 10.9 Å². The van der Waals surface area contributed by atoms with Crippen LogP contribution in [0, 0.1) is 0 Å². The number of hydrazone groups is 1. The van der Waals surface area contributed by atoms with E-state index in [1.807, 2.05) is 91.0 Å². The second-order valence-corrected chi connectivity index (χ2v) is 5.83. The minimum atomic E-state index is 0.511. The third-order valence-corrected chi connectivity index (χ3v) is 4.13. The lowest BCUT2D eigenvalue weighted by molar-refractivity contribution is 0.876. The molecule has 0 amide bonds. The lowest BCUT2D eigenvalue weighted by Crippen LogP contribution is -2.52. The van der Waals surface area contributed by atoms with Crippen LogP contribution in [0.4, 0.5) is 11.4 Å². The zero-order valence-electron chi connectivity index (χ0n) is 13.4. The fraction of sp³-hybridized carbons (Fsp3) is 0. The lowest BCUT2D eigenvalue weighted by atomic mass is 10.2. The van der Waals surface area contributed by atoms with Crippen LogP contribution in [0.2, 0.25) is 0 Å². The van der Waals surface area contributed by atoms with E-state index in [1.54, 1.807) is 10.0 Å². The SMILES string of the molecule is S=C1N(c2ccccc2)N=C(c2ccccc2)[N][15N]1c1ccccc1. The summed E-state index contributed by atoms with van der Waals surface area (Å²) in [5, 5.41) is 8.69. The predicted octanol–water partition coefficient (Wildman–Crippen LogP) is 4.18. The maximum atomic E-state index is 5.67. The highest BCUT2D eigenvalue weighted by atomic mass is 32.1. The molecule has 3 aromatic rings. The van der Waals surface area contributed by atoms with Gasteiger partial charge >= 0.3 is 0 Å². The normalized spacial score (nSPS) is 14.1. The molecular weight excluding hydrogens is 329 g/mol. The van der Waals surface area contributed by atoms with E-state index in [0.29, 0.717) is 10.9 Å². The third-order valence-electron chi connectivity index (χ3n) is 3.79. The Kier molecular flexibility index (Phi) is 4.14. The number of hydrogen-bond donors (Lipinski definition) is 0. The number of para-hydroxylation sites is 2. The summed E-state index contributed by atoms with van der Waals surface area (Å²) in [6.45, 7) is 0. The molecule has 0 N–H and O–H groups in total. The molecule has 0 fully saturated rings. The molecule has 0 aromatic heterocycles. The van der Waals surface area contributed by atoms with Gasteiger partial charge in [-0.05, 0) is 36.5 Å². The Morgan fingerprint density at radius 2 is 1.08 bits per heavy atom. The van der Waals surface area contributed by atoms with Crippen molar-refractivity contribution in [2.24, 2.45) is 5.10 Å². The Labute approximate surface area is 152 Å². The van der Waals surface area contributed by atoms with Gasteiger partial charge in [-0.3, -0.25) is 0 Å². The van der Waals surface area contributed by atoms with Crippen molar-refractivity contribution in [3.05, 3.63) is 96.6 Å². The average Bonchev–Trinajstić information content (AvgIpc) is 2.70. The summed E-state index contributed by atoms with van der Waals surface area (Å²) >= 11 is 5.67. The van der Waals surface area contributed by atoms with Gasteiger partial charge in [-0.15, -0.1) is 10.5 Å². The number of rotatable bonds is 3. The molecule has 0 unspecified atom stereocenters. The quantitative estimate of drug-likeness (QED) is 0.528. The van der Waals surface area contributed by atoms with Crippen molar-refractivity contribution in [2.75, 3.05) is 10.0 Å². The van der Waals surface area contributed by atoms with E-state index in [0.717, 1.165) is 16.9 Å². The topological polar surface area (TPSA) is 32.9 Å². The van der Waals surface area contributed by atoms with Gasteiger partial charge in [-0.1, -0.05) is 66.7 Å². The van der Waals surface area contributed by atoms with Gasteiger partial charge in [0.2, 0.25) is 5.11 Å². The molecule has 25 heavy (non-hydrogen) atoms. The predicted molar refractivity (Wildman–Crippen MR) is 106 cm³/mol. The number of anilines is 2. The molecule has 0 saturated carbocycles. The Morgan fingerprint density at radius 1 is 0.600 bits per heavy atom. The van der Waals surface area contributed by atoms with Gasteiger partial charge in [0, 0.05) is 5.56 Å². The molecule has 0 spiro atoms. The highest BCUT2D eigenvalue weighted by molar-refractivity contribution is 7.80. The lowest BCUT2D eigenvalue weighted by Gasteiger charge is -2.34. The van der Waals surface area contributed by atoms with Crippen LogP contribution in [0.15, 0.2) is 96.1 Å². The van der Waals surface area contributed by atoms with Crippen molar-refractivity contribution >= 4 is 34.5 Å². The number of benzene rings is 3. The van der Waals surface area contributed by atoms with Crippen molar-refractivity contribution < 1.29 is 0 Å². The highest BCUT2D eigenvalue weighted by Crippen LogP contribution is 2.24. The fourth-order valence-electron chi connectivity index (χ4n) is 2.56. The van der Waals surface area contributed by atoms with Gasteiger partial charge in [-0.25, -0.2) is 10.0 Å². The first-order chi connectivity index (χ1) is 12.3. The second-order valence-electron chi connectivity index (χ2n) is 5.47. The van der Waals surface area contributed by atoms with Gasteiger partial charge in [0.1, 0.15) is 0 Å². The van der Waals surface area contributed by atoms with Crippen LogP contribution >= 0.6 is 12.2 Å². The van der Waals surface area contributed by atoms with Crippen LogP contribution in [0.25, 0.3) is 0 Å². The molecule has 1 radical (unpaired) electrons. The molecule has 0 bridgehead atoms. The zero-order chi connectivity index (χ0) is 17.1. The summed E-state index contributed by atoms with van der Waals surface area (Å²) in [6.07, 6.45) is 0. The molecule has 4 rings (SSSR count). The number of amidine groups is 1. The minimum absolute atomic E-state index is 0.511. The third kappa shape index (κ3) is 3.09. The fourth-order valence-corrected chi connectivity index (χ4v) is 2.85. The van der Waals surface area contributed by atoms with Gasteiger partial charge in [0.05, 0.1) is 11.4 Å². The molecular formula is C20H15N4S. The summed E-state index contributed by atoms with van der Waals surface area (Å²) in [5.74, 6) is 0.613. The molecule has 3 aromatic carbocycles. The number of nitrogens with zero attached hydrogens (tertiary/aromatic N) is 4. The standard InChI is InChI=1S/C20H15N4S/c25-20-23(17-12-6-2-7-13-17)21-19(16-10-4-1-5-11-16)22-24(20)18-14-8-3-9-15-18/h1-15H/i23+1. The van der Waals surface area contributed by atoms with Gasteiger partial charge < -0.3 is 0 Å². The number of hydrogen-bond acceptors (Lipinski definition) is 2. The van der Waals surface area contributed by atoms with Gasteiger partial charge in [0.25, 0.3) is 0 Å². The van der Waals surface area contributed by atoms with Crippen molar-refractivity contribution in [3.63, 3.8) is 0 Å². The minimum Gasteiger partial charge on any atom is -0.203 e. The smallest absolute Gasteiger partial charge is 0.203 e. The van der Waals surface area contributed by atoms with E-state index in [1.165, 1.54) is 0 Å². The molecule has 4 nitrogen and oxygen atoms in total. The van der Waals surface area contributed by atoms with Crippen LogP contribution in [0.1, 0.15) is 5.56 Å². The van der Waals surface area contributed by atoms with Gasteiger partial charge in [0.15, 0.2) is 5.84 Å². The Bertz CT molecular complexity index is 895. The van der Waals surface area contributed by atoms with E-state index < -0.39 is 0 Å². The molecule has 0 atom stereocenters. The summed E-state index contributed by atoms with van der Waals surface area (Å²) in [6, 6.07) is 29.6. The Balaban J connectivity index is 1.80. The largest absolute Gasteiger partial charge is 0.222 e. The zero-order valence-corrected chi connectivity index (χ0v) is 14.2. The van der Waals surface area contributed by atoms with E-state index in [9.17, 15) is 0 Å². The van der Waals surface area contributed by atoms with E-state index >= 15 is 0 Å². The second kappa shape index (κ2) is 6.75. The maximum absolute atomic E-state index is 5.67. The summed E-state index contributed by atoms with van der Waals surface area (Å²) in [4.78, 5) is 0. The van der Waals surface area contributed by atoms with E-state index in [4.69, 9.17) is 12.2 Å². The average molecular weight is 344 g/mol. The van der Waals surface area contributed by atoms with Crippen molar-refractivity contribution in [1.29, 1.82) is 0 Å². The molecule has 5 heteroatoms. The van der Waals surface area contributed by atoms with E-state index in [2.05, 4.69) is 10.5 Å². The Hall–Kier alpha value is -3.18. The Morgan fingerprint density at radius 3 is 1.64 bits per heavy atom. The summed E-state index contributed by atoms with van der Waals surface area (Å²) < 4.78 is 0. The van der Waals surface area contributed by atoms with Crippen LogP contribution in [0.3, 0.4) is 0 Å². The maximum Gasteiger partial charge on any atom is 0.222 e. The van der Waals surface area contributed by atoms with Gasteiger partial charge in [-0.2, -0.15) is 0 Å². The van der Waals surface area contributed by atoms with Crippen LogP contribution in [0.5, 0.6) is 0 Å².